The number of aromatic nitrogens is 2. The van der Waals surface area contributed by atoms with E-state index in [4.69, 9.17) is 9.47 Å². The van der Waals surface area contributed by atoms with Gasteiger partial charge in [0.25, 0.3) is 5.91 Å². The molecule has 3 aromatic rings. The van der Waals surface area contributed by atoms with Crippen LogP contribution in [0.15, 0.2) is 47.6 Å². The number of ether oxygens (including phenoxy) is 2. The number of Topliss-reactive ketones (excluding diaryl/α,β-unsaturated/α-hetero) is 4. The highest BCUT2D eigenvalue weighted by Gasteiger charge is 2.43. The van der Waals surface area contributed by atoms with Gasteiger partial charge in [-0.05, 0) is 86.0 Å². The van der Waals surface area contributed by atoms with Crippen molar-refractivity contribution in [3.05, 3.63) is 81.0 Å². The quantitative estimate of drug-likeness (QED) is 0.0193. The van der Waals surface area contributed by atoms with Crippen molar-refractivity contribution in [2.45, 2.75) is 166 Å². The van der Waals surface area contributed by atoms with Gasteiger partial charge in [0.15, 0.2) is 23.1 Å². The zero-order valence-electron chi connectivity index (χ0n) is 54.9. The molecular weight excluding hydrogens is 1300 g/mol. The summed E-state index contributed by atoms with van der Waals surface area (Å²) in [7, 11) is 8.53. The van der Waals surface area contributed by atoms with Crippen LogP contribution in [-0.4, -0.2) is 188 Å². The Balaban J connectivity index is 1.23. The van der Waals surface area contributed by atoms with Crippen LogP contribution >= 0.6 is 31.9 Å². The first-order valence-corrected chi connectivity index (χ1v) is 33.4. The highest BCUT2D eigenvalue weighted by Crippen LogP contribution is 2.31. The summed E-state index contributed by atoms with van der Waals surface area (Å²) in [6.07, 6.45) is 0.108. The number of hydrogen-bond acceptors (Lipinski definition) is 16. The molecule has 2 heterocycles. The molecule has 500 valence electrons. The number of ketones is 4. The fraction of sp³-hybridized carbons (Fsp3) is 0.631. The molecule has 0 bridgehead atoms. The van der Waals surface area contributed by atoms with Crippen LogP contribution in [-0.2, 0) is 76.1 Å². The number of carbonyl (C=O) groups is 10. The lowest BCUT2D eigenvalue weighted by Crippen LogP contribution is -2.54. The van der Waals surface area contributed by atoms with Crippen molar-refractivity contribution >= 4 is 101 Å². The Morgan fingerprint density at radius 2 is 1.33 bits per heavy atom. The number of alkyl halides is 2. The number of carbonyl (C=O) groups excluding carboxylic acids is 10. The van der Waals surface area contributed by atoms with E-state index in [9.17, 15) is 53.5 Å². The number of halogens is 2. The Labute approximate surface area is 551 Å². The molecule has 1 saturated heterocycles. The molecule has 24 nitrogen and oxygen atoms in total. The van der Waals surface area contributed by atoms with E-state index in [2.05, 4.69) is 73.1 Å². The molecule has 4 N–H and O–H groups in total. The summed E-state index contributed by atoms with van der Waals surface area (Å²) in [5.41, 5.74) is 13.6. The number of benzene rings is 2. The molecule has 0 spiro atoms. The monoisotopic (exact) mass is 1390 g/mol. The fourth-order valence-corrected chi connectivity index (χ4v) is 12.7. The predicted molar refractivity (Wildman–Crippen MR) is 353 cm³/mol. The third-order valence-corrected chi connectivity index (χ3v) is 18.0. The summed E-state index contributed by atoms with van der Waals surface area (Å²) >= 11 is 6.80. The molecule has 1 aliphatic rings. The van der Waals surface area contributed by atoms with Crippen LogP contribution in [0.2, 0.25) is 0 Å². The number of nitrogens with zero attached hydrogens (tertiary/aromatic N) is 8. The molecule has 9 atom stereocenters. The van der Waals surface area contributed by atoms with Gasteiger partial charge in [-0.15, -0.1) is 0 Å². The van der Waals surface area contributed by atoms with Gasteiger partial charge in [0, 0.05) is 106 Å². The first kappa shape index (κ1) is 76.9. The number of methoxy groups -OCH3 is 2. The molecule has 91 heavy (non-hydrogen) atoms. The Hall–Kier alpha value is -6.57. The fourth-order valence-electron chi connectivity index (χ4n) is 11.8. The molecule has 0 aliphatic carbocycles. The first-order valence-electron chi connectivity index (χ1n) is 31.2. The number of likely N-dealkylation sites (N-methyl/N-ethyl adjacent to an activating group) is 2. The van der Waals surface area contributed by atoms with Gasteiger partial charge in [0.2, 0.25) is 29.5 Å². The SMILES string of the molecule is CC[C@H](C)C([C@@H](CC(=O)N1CCC[C@H]1[C@H](OC)[C@@H](C)C(=O)N[C@H](CN=[N+]=[N-])Cc1ccc(CC(=O)CNC(=O)CCC(=O)CNC(=O)CCC(=O)CNC(=O)c2ccc3nc(CBr)c(CBr)nc3c2)cc1)OC)N(C)C(=O)[C@@H](CC(=O)[C@H](C(C)C)N(C)C)C(C)C. The van der Waals surface area contributed by atoms with E-state index >= 15 is 0 Å². The third kappa shape index (κ3) is 23.5. The van der Waals surface area contributed by atoms with Crippen LogP contribution in [0.4, 0.5) is 0 Å². The van der Waals surface area contributed by atoms with E-state index in [1.807, 2.05) is 60.5 Å². The van der Waals surface area contributed by atoms with Gasteiger partial charge >= 0.3 is 0 Å². The number of fused-ring (bicyclic) bond motifs is 1. The van der Waals surface area contributed by atoms with Crippen molar-refractivity contribution in [3.8, 4) is 0 Å². The summed E-state index contributed by atoms with van der Waals surface area (Å²) in [5, 5.41) is 15.3. The predicted octanol–water partition coefficient (Wildman–Crippen LogP) is 6.97. The topological polar surface area (TPSA) is 322 Å². The molecule has 0 saturated carbocycles. The van der Waals surface area contributed by atoms with E-state index in [-0.39, 0.29) is 131 Å². The number of amides is 6. The normalized spacial score (nSPS) is 15.8. The van der Waals surface area contributed by atoms with E-state index in [1.54, 1.807) is 73.3 Å². The number of rotatable bonds is 40. The van der Waals surface area contributed by atoms with Crippen molar-refractivity contribution in [3.63, 3.8) is 0 Å². The summed E-state index contributed by atoms with van der Waals surface area (Å²) in [4.78, 5) is 150. The Bertz CT molecular complexity index is 3040. The van der Waals surface area contributed by atoms with E-state index in [1.165, 1.54) is 7.11 Å². The van der Waals surface area contributed by atoms with Gasteiger partial charge in [-0.25, -0.2) is 9.97 Å². The maximum Gasteiger partial charge on any atom is 0.251 e. The average Bonchev–Trinajstić information content (AvgIpc) is 1.86. The molecule has 1 aliphatic heterocycles. The largest absolute Gasteiger partial charge is 0.379 e. The maximum atomic E-state index is 14.5. The summed E-state index contributed by atoms with van der Waals surface area (Å²) in [6, 6.07) is 10.0. The number of hydrogen-bond donors (Lipinski definition) is 4. The Morgan fingerprint density at radius 1 is 0.747 bits per heavy atom. The third-order valence-electron chi connectivity index (χ3n) is 16.9. The molecule has 2 aromatic carbocycles. The minimum Gasteiger partial charge on any atom is -0.379 e. The minimum absolute atomic E-state index is 0.00715. The maximum absolute atomic E-state index is 14.5. The molecule has 1 unspecified atom stereocenters. The van der Waals surface area contributed by atoms with Crippen molar-refractivity contribution in [1.29, 1.82) is 0 Å². The summed E-state index contributed by atoms with van der Waals surface area (Å²) in [6.45, 7) is 13.1. The lowest BCUT2D eigenvalue weighted by molar-refractivity contribution is -0.149. The number of azide groups is 1. The van der Waals surface area contributed by atoms with Gasteiger partial charge in [-0.2, -0.15) is 0 Å². The van der Waals surface area contributed by atoms with Gasteiger partial charge in [-0.1, -0.05) is 116 Å². The van der Waals surface area contributed by atoms with Crippen molar-refractivity contribution in [2.24, 2.45) is 34.7 Å². The molecule has 26 heteroatoms. The highest BCUT2D eigenvalue weighted by molar-refractivity contribution is 9.09. The van der Waals surface area contributed by atoms with Gasteiger partial charge in [0.05, 0.1) is 84.7 Å². The standard InChI is InChI=1S/C65H94Br2N12O12/c1-13-40(6)61(78(10)65(89)49(38(2)3)30-55(83)60(39(4)5)77(8)9)56(90-11)31-59(86)79-26-14-15-54(79)62(91-12)41(7)63(87)73-45(34-72-76-68)27-42-16-18-43(19-17-42)28-48(82)37-70-58(85)24-21-46(80)35-69-57(84)25-22-47(81)36-71-64(88)44-20-23-50-51(29-44)75-53(33-67)52(32-66)74-50/h16-20,23,29,38-41,45,49,54,56,60-62H,13-15,21-22,24-28,30-37H2,1-12H3,(H,69,84)(H,70,85)(H,71,88)(H,73,87)/t40-,41+,45-,49-,54-,56+,60-,61?,62+/m0/s1. The van der Waals surface area contributed by atoms with Gasteiger partial charge in [-0.3, -0.25) is 52.8 Å². The van der Waals surface area contributed by atoms with Gasteiger partial charge < -0.3 is 40.5 Å². The second-order valence-corrected chi connectivity index (χ2v) is 25.6. The molecular formula is C65H94Br2N12O12. The van der Waals surface area contributed by atoms with Crippen molar-refractivity contribution in [2.75, 3.05) is 68.1 Å². The van der Waals surface area contributed by atoms with Crippen LogP contribution in [0.1, 0.15) is 139 Å². The van der Waals surface area contributed by atoms with Crippen molar-refractivity contribution < 1.29 is 57.4 Å². The Kier molecular flexibility index (Phi) is 32.5. The smallest absolute Gasteiger partial charge is 0.251 e. The highest BCUT2D eigenvalue weighted by atomic mass is 79.9. The number of likely N-dealkylation sites (tertiary alicyclic amines) is 1. The zero-order chi connectivity index (χ0) is 67.6. The summed E-state index contributed by atoms with van der Waals surface area (Å²) in [5.74, 6) is -4.86. The second-order valence-electron chi connectivity index (χ2n) is 24.5. The second kappa shape index (κ2) is 38.4. The minimum atomic E-state index is -0.750. The van der Waals surface area contributed by atoms with Crippen LogP contribution in [0.25, 0.3) is 21.5 Å². The van der Waals surface area contributed by atoms with Crippen LogP contribution in [0.3, 0.4) is 0 Å². The molecule has 1 fully saturated rings. The molecule has 6 amide bonds. The zero-order valence-corrected chi connectivity index (χ0v) is 58.0. The Morgan fingerprint density at radius 3 is 1.87 bits per heavy atom. The average molecular weight is 1400 g/mol. The molecule has 4 rings (SSSR count). The van der Waals surface area contributed by atoms with Crippen LogP contribution < -0.4 is 21.3 Å². The lowest BCUT2D eigenvalue weighted by Gasteiger charge is -2.41. The van der Waals surface area contributed by atoms with E-state index in [0.29, 0.717) is 58.6 Å². The van der Waals surface area contributed by atoms with E-state index in [0.717, 1.165) is 17.0 Å². The molecule has 0 radical (unpaired) electrons. The number of nitrogens with one attached hydrogen (secondary N) is 4. The van der Waals surface area contributed by atoms with Crippen molar-refractivity contribution in [1.82, 2.24) is 45.9 Å². The first-order chi connectivity index (χ1) is 43.2. The van der Waals surface area contributed by atoms with E-state index < -0.39 is 71.5 Å². The lowest BCUT2D eigenvalue weighted by atomic mass is 9.83. The van der Waals surface area contributed by atoms with Gasteiger partial charge in [0.1, 0.15) is 0 Å². The van der Waals surface area contributed by atoms with Crippen LogP contribution in [0.5, 0.6) is 0 Å². The summed E-state index contributed by atoms with van der Waals surface area (Å²) < 4.78 is 12.1. The molecule has 1 aromatic heterocycles. The van der Waals surface area contributed by atoms with Crippen LogP contribution in [0, 0.1) is 29.6 Å².